The van der Waals surface area contributed by atoms with Crippen LogP contribution in [0.3, 0.4) is 0 Å². The second-order valence-corrected chi connectivity index (χ2v) is 4.57. The summed E-state index contributed by atoms with van der Waals surface area (Å²) >= 11 is 0. The molecule has 2 bridgehead atoms. The number of nitrogens with zero attached hydrogens (tertiary/aromatic N) is 4. The highest BCUT2D eigenvalue weighted by Crippen LogP contribution is 2.33. The molecular formula is C10H10N4O4. The topological polar surface area (TPSA) is 102 Å². The third kappa shape index (κ3) is 1.07. The summed E-state index contributed by atoms with van der Waals surface area (Å²) in [6.07, 6.45) is -3.63. The normalized spacial score (nSPS) is 33.9. The second-order valence-electron chi connectivity index (χ2n) is 4.57. The van der Waals surface area contributed by atoms with Crippen molar-refractivity contribution in [2.75, 3.05) is 0 Å². The van der Waals surface area contributed by atoms with E-state index in [1.807, 2.05) is 0 Å². The molecule has 0 radical (unpaired) electrons. The van der Waals surface area contributed by atoms with E-state index in [-0.39, 0.29) is 12.1 Å². The van der Waals surface area contributed by atoms with Crippen LogP contribution < -0.4 is 5.56 Å². The Balaban J connectivity index is 2.10. The van der Waals surface area contributed by atoms with Gasteiger partial charge in [-0.05, 0) is 6.07 Å². The van der Waals surface area contributed by atoms with E-state index in [0.29, 0.717) is 11.2 Å². The fraction of sp³-hybridized carbons (Fsp3) is 0.500. The monoisotopic (exact) mass is 250 g/mol. The molecule has 94 valence electrons. The van der Waals surface area contributed by atoms with Gasteiger partial charge in [-0.1, -0.05) is 5.21 Å². The molecule has 4 atom stereocenters. The predicted molar refractivity (Wildman–Crippen MR) is 57.7 cm³/mol. The SMILES string of the molecule is O=c1ccc2nnn3c2n1C1O[C@H](C3)[C@@H](O)[C@H]1O. The van der Waals surface area contributed by atoms with Crippen molar-refractivity contribution in [2.45, 2.75) is 31.1 Å². The number of hydrogen-bond donors (Lipinski definition) is 2. The van der Waals surface area contributed by atoms with Gasteiger partial charge in [-0.25, -0.2) is 4.68 Å². The summed E-state index contributed by atoms with van der Waals surface area (Å²) in [4.78, 5) is 12.0. The van der Waals surface area contributed by atoms with Crippen LogP contribution in [0.1, 0.15) is 6.23 Å². The zero-order valence-electron chi connectivity index (χ0n) is 9.17. The quantitative estimate of drug-likeness (QED) is 0.573. The second kappa shape index (κ2) is 3.16. The Morgan fingerprint density at radius 1 is 1.33 bits per heavy atom. The zero-order chi connectivity index (χ0) is 12.4. The van der Waals surface area contributed by atoms with Crippen molar-refractivity contribution in [2.24, 2.45) is 0 Å². The fourth-order valence-corrected chi connectivity index (χ4v) is 2.64. The van der Waals surface area contributed by atoms with Crippen LogP contribution in [0.25, 0.3) is 11.2 Å². The van der Waals surface area contributed by atoms with Crippen LogP contribution in [0.2, 0.25) is 0 Å². The Morgan fingerprint density at radius 3 is 3.00 bits per heavy atom. The lowest BCUT2D eigenvalue weighted by atomic mass is 10.1. The largest absolute Gasteiger partial charge is 0.387 e. The van der Waals surface area contributed by atoms with Gasteiger partial charge in [-0.2, -0.15) is 0 Å². The maximum atomic E-state index is 12.0. The Morgan fingerprint density at radius 2 is 2.17 bits per heavy atom. The molecule has 4 rings (SSSR count). The van der Waals surface area contributed by atoms with Crippen LogP contribution in [-0.2, 0) is 11.3 Å². The molecule has 18 heavy (non-hydrogen) atoms. The molecule has 1 unspecified atom stereocenters. The lowest BCUT2D eigenvalue weighted by Crippen LogP contribution is -2.38. The number of fused-ring (bicyclic) bond motifs is 3. The van der Waals surface area contributed by atoms with Crippen LogP contribution in [0.4, 0.5) is 0 Å². The van der Waals surface area contributed by atoms with Gasteiger partial charge in [0.25, 0.3) is 5.56 Å². The molecule has 0 saturated carbocycles. The van der Waals surface area contributed by atoms with E-state index in [1.165, 1.54) is 15.3 Å². The first kappa shape index (κ1) is 10.2. The minimum atomic E-state index is -1.12. The smallest absolute Gasteiger partial charge is 0.254 e. The first-order valence-corrected chi connectivity index (χ1v) is 5.63. The summed E-state index contributed by atoms with van der Waals surface area (Å²) in [6.45, 7) is 0.259. The minimum Gasteiger partial charge on any atom is -0.387 e. The van der Waals surface area contributed by atoms with Gasteiger partial charge in [-0.15, -0.1) is 5.10 Å². The molecule has 8 nitrogen and oxygen atoms in total. The third-order valence-corrected chi connectivity index (χ3v) is 3.53. The number of aliphatic hydroxyl groups is 2. The lowest BCUT2D eigenvalue weighted by molar-refractivity contribution is -0.0351. The summed E-state index contributed by atoms with van der Waals surface area (Å²) in [5.41, 5.74) is 0.762. The van der Waals surface area contributed by atoms with Crippen molar-refractivity contribution in [3.63, 3.8) is 0 Å². The number of ether oxygens (including phenoxy) is 1. The standard InChI is InChI=1S/C10H10N4O4/c15-6-2-1-4-9-13(12-11-4)3-5-7(16)8(17)10(18-5)14(6)9/h1-2,5,7-8,10,16-17H,3H2/t5-,7-,8-,10?/m1/s1. The lowest BCUT2D eigenvalue weighted by Gasteiger charge is -2.19. The van der Waals surface area contributed by atoms with Crippen LogP contribution in [0, 0.1) is 0 Å². The van der Waals surface area contributed by atoms with Gasteiger partial charge in [0, 0.05) is 6.07 Å². The van der Waals surface area contributed by atoms with Crippen molar-refractivity contribution in [1.82, 2.24) is 19.6 Å². The van der Waals surface area contributed by atoms with Crippen molar-refractivity contribution in [3.8, 4) is 0 Å². The van der Waals surface area contributed by atoms with Crippen LogP contribution in [0.15, 0.2) is 16.9 Å². The molecule has 1 saturated heterocycles. The van der Waals surface area contributed by atoms with Gasteiger partial charge in [0.15, 0.2) is 11.9 Å². The molecule has 4 heterocycles. The molecular weight excluding hydrogens is 240 g/mol. The van der Waals surface area contributed by atoms with E-state index in [1.54, 1.807) is 6.07 Å². The average molecular weight is 250 g/mol. The van der Waals surface area contributed by atoms with Crippen molar-refractivity contribution in [3.05, 3.63) is 22.5 Å². The fourth-order valence-electron chi connectivity index (χ4n) is 2.64. The summed E-state index contributed by atoms with van der Waals surface area (Å²) in [7, 11) is 0. The minimum absolute atomic E-state index is 0.259. The van der Waals surface area contributed by atoms with E-state index < -0.39 is 24.5 Å². The highest BCUT2D eigenvalue weighted by atomic mass is 16.6. The number of hydrogen-bond acceptors (Lipinski definition) is 6. The Kier molecular flexibility index (Phi) is 1.79. The van der Waals surface area contributed by atoms with E-state index >= 15 is 0 Å². The number of aliphatic hydroxyl groups excluding tert-OH is 2. The maximum Gasteiger partial charge on any atom is 0.254 e. The Bertz CT molecular complexity index is 693. The van der Waals surface area contributed by atoms with Crippen LogP contribution in [0.5, 0.6) is 0 Å². The number of rotatable bonds is 0. The summed E-state index contributed by atoms with van der Waals surface area (Å²) in [6, 6.07) is 2.93. The maximum absolute atomic E-state index is 12.0. The van der Waals surface area contributed by atoms with Crippen molar-refractivity contribution >= 4 is 11.2 Å². The molecule has 2 aromatic heterocycles. The third-order valence-electron chi connectivity index (χ3n) is 3.53. The van der Waals surface area contributed by atoms with Crippen LogP contribution >= 0.6 is 0 Å². The van der Waals surface area contributed by atoms with E-state index in [9.17, 15) is 15.0 Å². The van der Waals surface area contributed by atoms with Crippen molar-refractivity contribution in [1.29, 1.82) is 0 Å². The highest BCUT2D eigenvalue weighted by molar-refractivity contribution is 5.70. The summed E-state index contributed by atoms with van der Waals surface area (Å²) < 4.78 is 8.36. The molecule has 1 fully saturated rings. The van der Waals surface area contributed by atoms with Crippen LogP contribution in [-0.4, -0.2) is 48.1 Å². The Labute approximate surface area is 100 Å². The number of pyridine rings is 1. The zero-order valence-corrected chi connectivity index (χ0v) is 9.17. The van der Waals surface area contributed by atoms with E-state index in [0.717, 1.165) is 0 Å². The van der Waals surface area contributed by atoms with Gasteiger partial charge in [0.05, 0.1) is 6.54 Å². The molecule has 0 aliphatic carbocycles. The van der Waals surface area contributed by atoms with Crippen molar-refractivity contribution < 1.29 is 14.9 Å². The molecule has 2 aliphatic heterocycles. The first-order chi connectivity index (χ1) is 8.66. The average Bonchev–Trinajstić information content (AvgIpc) is 2.80. The highest BCUT2D eigenvalue weighted by Gasteiger charge is 2.47. The van der Waals surface area contributed by atoms with Gasteiger partial charge in [0.1, 0.15) is 23.8 Å². The molecule has 8 heteroatoms. The molecule has 2 aromatic rings. The molecule has 0 amide bonds. The van der Waals surface area contributed by atoms with Gasteiger partial charge in [-0.3, -0.25) is 9.36 Å². The van der Waals surface area contributed by atoms with E-state index in [4.69, 9.17) is 4.74 Å². The van der Waals surface area contributed by atoms with Gasteiger partial charge < -0.3 is 14.9 Å². The first-order valence-electron chi connectivity index (χ1n) is 5.63. The molecule has 0 spiro atoms. The molecule has 2 N–H and O–H groups in total. The predicted octanol–water partition coefficient (Wildman–Crippen LogP) is -1.77. The molecule has 2 aliphatic rings. The van der Waals surface area contributed by atoms with E-state index in [2.05, 4.69) is 10.3 Å². The Hall–Kier alpha value is -1.77. The van der Waals surface area contributed by atoms with Gasteiger partial charge >= 0.3 is 0 Å². The summed E-state index contributed by atoms with van der Waals surface area (Å²) in [5.74, 6) is 0. The number of aromatic nitrogens is 4. The van der Waals surface area contributed by atoms with Gasteiger partial charge in [0.2, 0.25) is 0 Å². The molecule has 0 aromatic carbocycles. The summed E-state index contributed by atoms with van der Waals surface area (Å²) in [5, 5.41) is 27.7.